The summed E-state index contributed by atoms with van der Waals surface area (Å²) in [7, 11) is 0. The minimum Gasteiger partial charge on any atom is -0.475 e. The molecule has 0 aliphatic carbocycles. The second kappa shape index (κ2) is 5.83. The van der Waals surface area contributed by atoms with Crippen molar-refractivity contribution in [2.75, 3.05) is 13.2 Å². The fourth-order valence-electron chi connectivity index (χ4n) is 2.10. The maximum atomic E-state index is 11.9. The van der Waals surface area contributed by atoms with Gasteiger partial charge in [0.15, 0.2) is 5.69 Å². The summed E-state index contributed by atoms with van der Waals surface area (Å²) < 4.78 is 9.81. The monoisotopic (exact) mass is 268 g/mol. The van der Waals surface area contributed by atoms with E-state index in [0.29, 0.717) is 19.1 Å². The summed E-state index contributed by atoms with van der Waals surface area (Å²) >= 11 is 0. The molecule has 1 aliphatic rings. The molecule has 104 valence electrons. The van der Waals surface area contributed by atoms with E-state index in [1.54, 1.807) is 0 Å². The van der Waals surface area contributed by atoms with Crippen LogP contribution in [0.2, 0.25) is 0 Å². The Bertz CT molecular complexity index is 464. The minimum atomic E-state index is -1.25. The number of amides is 1. The molecule has 7 heteroatoms. The number of hydrogen-bond donors (Lipinski definition) is 2. The summed E-state index contributed by atoms with van der Waals surface area (Å²) in [6, 6.07) is 1.11. The lowest BCUT2D eigenvalue weighted by Crippen LogP contribution is -2.40. The molecule has 1 aliphatic heterocycles. The number of carbonyl (C=O) groups is 2. The second-order valence-electron chi connectivity index (χ2n) is 4.59. The molecule has 1 fully saturated rings. The van der Waals surface area contributed by atoms with Crippen molar-refractivity contribution in [3.05, 3.63) is 17.5 Å². The Morgan fingerprint density at radius 2 is 2.16 bits per heavy atom. The zero-order valence-corrected chi connectivity index (χ0v) is 10.6. The van der Waals surface area contributed by atoms with Crippen LogP contribution in [-0.4, -0.2) is 41.4 Å². The lowest BCUT2D eigenvalue weighted by atomic mass is 9.93. The zero-order chi connectivity index (χ0) is 13.8. The van der Waals surface area contributed by atoms with Gasteiger partial charge in [0.05, 0.1) is 0 Å². The maximum Gasteiger partial charge on any atom is 0.374 e. The standard InChI is InChI=1S/C12H16N2O5/c1-7(8-2-4-18-5-3-8)13-11(15)9-6-10(12(16)17)19-14-9/h6-8H,2-5H2,1H3,(H,13,15)(H,16,17). The Morgan fingerprint density at radius 1 is 1.47 bits per heavy atom. The van der Waals surface area contributed by atoms with Crippen molar-refractivity contribution >= 4 is 11.9 Å². The van der Waals surface area contributed by atoms with Gasteiger partial charge < -0.3 is 19.7 Å². The van der Waals surface area contributed by atoms with Crippen molar-refractivity contribution < 1.29 is 24.0 Å². The van der Waals surface area contributed by atoms with Gasteiger partial charge in [-0.15, -0.1) is 0 Å². The first-order valence-electron chi connectivity index (χ1n) is 6.16. The van der Waals surface area contributed by atoms with Crippen molar-refractivity contribution in [1.82, 2.24) is 10.5 Å². The SMILES string of the molecule is CC(NC(=O)c1cc(C(=O)O)on1)C1CCOCC1. The molecule has 19 heavy (non-hydrogen) atoms. The van der Waals surface area contributed by atoms with Gasteiger partial charge in [-0.3, -0.25) is 4.79 Å². The fourth-order valence-corrected chi connectivity index (χ4v) is 2.10. The number of carboxylic acids is 1. The molecule has 2 heterocycles. The van der Waals surface area contributed by atoms with Gasteiger partial charge >= 0.3 is 5.97 Å². The van der Waals surface area contributed by atoms with Gasteiger partial charge in [0.1, 0.15) is 0 Å². The Kier molecular flexibility index (Phi) is 4.16. The summed E-state index contributed by atoms with van der Waals surface area (Å²) in [5.41, 5.74) is -0.0173. The maximum absolute atomic E-state index is 11.9. The van der Waals surface area contributed by atoms with Crippen LogP contribution in [0.1, 0.15) is 40.8 Å². The first-order chi connectivity index (χ1) is 9.08. The summed E-state index contributed by atoms with van der Waals surface area (Å²) in [5, 5.41) is 14.9. The van der Waals surface area contributed by atoms with Crippen LogP contribution < -0.4 is 5.32 Å². The van der Waals surface area contributed by atoms with Crippen LogP contribution in [0.5, 0.6) is 0 Å². The van der Waals surface area contributed by atoms with Crippen molar-refractivity contribution in [2.24, 2.45) is 5.92 Å². The largest absolute Gasteiger partial charge is 0.475 e. The number of aromatic carboxylic acids is 1. The molecule has 2 rings (SSSR count). The molecule has 0 spiro atoms. The highest BCUT2D eigenvalue weighted by Crippen LogP contribution is 2.18. The van der Waals surface area contributed by atoms with Gasteiger partial charge in [-0.1, -0.05) is 5.16 Å². The molecule has 1 amide bonds. The van der Waals surface area contributed by atoms with E-state index in [1.807, 2.05) is 6.92 Å². The van der Waals surface area contributed by atoms with Crippen molar-refractivity contribution in [3.63, 3.8) is 0 Å². The van der Waals surface area contributed by atoms with E-state index in [1.165, 1.54) is 0 Å². The fraction of sp³-hybridized carbons (Fsp3) is 0.583. The Labute approximate surface area is 109 Å². The van der Waals surface area contributed by atoms with Crippen LogP contribution in [0, 0.1) is 5.92 Å². The van der Waals surface area contributed by atoms with E-state index < -0.39 is 11.9 Å². The van der Waals surface area contributed by atoms with Crippen molar-refractivity contribution in [2.45, 2.75) is 25.8 Å². The van der Waals surface area contributed by atoms with Gasteiger partial charge in [-0.25, -0.2) is 4.79 Å². The zero-order valence-electron chi connectivity index (χ0n) is 10.6. The van der Waals surface area contributed by atoms with E-state index in [9.17, 15) is 9.59 Å². The number of carboxylic acid groups (broad SMARTS) is 1. The molecule has 1 saturated heterocycles. The van der Waals surface area contributed by atoms with E-state index in [4.69, 9.17) is 9.84 Å². The molecule has 0 saturated carbocycles. The predicted octanol–water partition coefficient (Wildman–Crippen LogP) is 0.918. The Balaban J connectivity index is 1.93. The third kappa shape index (κ3) is 3.31. The van der Waals surface area contributed by atoms with E-state index in [-0.39, 0.29) is 17.5 Å². The number of rotatable bonds is 4. The lowest BCUT2D eigenvalue weighted by molar-refractivity contribution is 0.0537. The van der Waals surface area contributed by atoms with Crippen LogP contribution in [0.15, 0.2) is 10.6 Å². The second-order valence-corrected chi connectivity index (χ2v) is 4.59. The highest BCUT2D eigenvalue weighted by Gasteiger charge is 2.24. The van der Waals surface area contributed by atoms with Gasteiger partial charge in [-0.05, 0) is 25.7 Å². The van der Waals surface area contributed by atoms with Crippen LogP contribution in [0.3, 0.4) is 0 Å². The first-order valence-corrected chi connectivity index (χ1v) is 6.16. The highest BCUT2D eigenvalue weighted by atomic mass is 16.5. The van der Waals surface area contributed by atoms with Crippen molar-refractivity contribution in [1.29, 1.82) is 0 Å². The molecule has 0 radical (unpaired) electrons. The predicted molar refractivity (Wildman–Crippen MR) is 63.9 cm³/mol. The number of nitrogens with one attached hydrogen (secondary N) is 1. The molecule has 0 bridgehead atoms. The summed E-state index contributed by atoms with van der Waals surface area (Å²) in [4.78, 5) is 22.5. The molecule has 1 unspecified atom stereocenters. The number of ether oxygens (including phenoxy) is 1. The van der Waals surface area contributed by atoms with Gasteiger partial charge in [0.2, 0.25) is 5.76 Å². The van der Waals surface area contributed by atoms with E-state index in [0.717, 1.165) is 18.9 Å². The number of carbonyl (C=O) groups excluding carboxylic acids is 1. The average Bonchev–Trinajstić information content (AvgIpc) is 2.89. The van der Waals surface area contributed by atoms with Crippen LogP contribution >= 0.6 is 0 Å². The normalized spacial score (nSPS) is 17.9. The van der Waals surface area contributed by atoms with Gasteiger partial charge in [0, 0.05) is 25.3 Å². The average molecular weight is 268 g/mol. The van der Waals surface area contributed by atoms with E-state index in [2.05, 4.69) is 15.0 Å². The molecule has 7 nitrogen and oxygen atoms in total. The molecule has 1 atom stereocenters. The third-order valence-electron chi connectivity index (χ3n) is 3.29. The summed E-state index contributed by atoms with van der Waals surface area (Å²) in [6.45, 7) is 3.34. The van der Waals surface area contributed by atoms with Gasteiger partial charge in [0.25, 0.3) is 5.91 Å². The van der Waals surface area contributed by atoms with Crippen LogP contribution in [-0.2, 0) is 4.74 Å². The highest BCUT2D eigenvalue weighted by molar-refractivity contribution is 5.94. The Morgan fingerprint density at radius 3 is 2.74 bits per heavy atom. The number of aromatic nitrogens is 1. The summed E-state index contributed by atoms with van der Waals surface area (Å²) in [5.74, 6) is -1.65. The molecule has 2 N–H and O–H groups in total. The Hall–Kier alpha value is -1.89. The molecular weight excluding hydrogens is 252 g/mol. The minimum absolute atomic E-state index is 0.0126. The molecule has 0 aromatic carbocycles. The quantitative estimate of drug-likeness (QED) is 0.841. The topological polar surface area (TPSA) is 102 Å². The van der Waals surface area contributed by atoms with Gasteiger partial charge in [-0.2, -0.15) is 0 Å². The van der Waals surface area contributed by atoms with Crippen LogP contribution in [0.4, 0.5) is 0 Å². The van der Waals surface area contributed by atoms with Crippen LogP contribution in [0.25, 0.3) is 0 Å². The number of hydrogen-bond acceptors (Lipinski definition) is 5. The first kappa shape index (κ1) is 13.5. The smallest absolute Gasteiger partial charge is 0.374 e. The number of nitrogens with zero attached hydrogens (tertiary/aromatic N) is 1. The van der Waals surface area contributed by atoms with E-state index >= 15 is 0 Å². The van der Waals surface area contributed by atoms with Crippen molar-refractivity contribution in [3.8, 4) is 0 Å². The summed E-state index contributed by atoms with van der Waals surface area (Å²) in [6.07, 6.45) is 1.81. The molecule has 1 aromatic heterocycles. The molecule has 1 aromatic rings. The molecular formula is C12H16N2O5. The lowest BCUT2D eigenvalue weighted by Gasteiger charge is -2.28. The third-order valence-corrected chi connectivity index (χ3v) is 3.29.